The van der Waals surface area contributed by atoms with Crippen molar-refractivity contribution in [2.75, 3.05) is 5.75 Å². The first-order valence-electron chi connectivity index (χ1n) is 8.49. The Morgan fingerprint density at radius 3 is 1.58 bits per heavy atom. The van der Waals surface area contributed by atoms with Crippen molar-refractivity contribution in [1.29, 1.82) is 0 Å². The summed E-state index contributed by atoms with van der Waals surface area (Å²) >= 11 is 0. The molecule has 0 N–H and O–H groups in total. The van der Waals surface area contributed by atoms with Gasteiger partial charge in [-0.05, 0) is 24.0 Å². The summed E-state index contributed by atoms with van der Waals surface area (Å²) in [7, 11) is -9.78. The number of halogens is 5. The molecule has 1 aliphatic rings. The first-order valence-corrected chi connectivity index (χ1v) is 10.6. The molecule has 1 aliphatic carbocycles. The quantitative estimate of drug-likeness (QED) is 0.473. The minimum Gasteiger partial charge on any atom is -0.361 e. The molecule has 0 radical (unpaired) electrons. The van der Waals surface area contributed by atoms with E-state index in [-0.39, 0.29) is 11.1 Å². The number of hydrogen-bond acceptors (Lipinski definition) is 1. The molecule has 144 valence electrons. The molecule has 0 atom stereocenters. The van der Waals surface area contributed by atoms with E-state index >= 15 is 0 Å². The minimum atomic E-state index is -9.78. The van der Waals surface area contributed by atoms with E-state index in [9.17, 15) is 19.4 Å². The fourth-order valence-corrected chi connectivity index (χ4v) is 4.76. The summed E-state index contributed by atoms with van der Waals surface area (Å²) in [6.45, 7) is 0. The Bertz CT molecular complexity index is 701. The lowest BCUT2D eigenvalue weighted by atomic mass is 9.87. The maximum Gasteiger partial charge on any atom is 0.289 e. The van der Waals surface area contributed by atoms with Crippen LogP contribution in [-0.2, 0) is 10.3 Å². The molecule has 1 fully saturated rings. The third-order valence-corrected chi connectivity index (χ3v) is 5.58. The van der Waals surface area contributed by atoms with Crippen molar-refractivity contribution in [3.8, 4) is 0 Å². The highest BCUT2D eigenvalue weighted by Crippen LogP contribution is 2.99. The van der Waals surface area contributed by atoms with Gasteiger partial charge in [-0.25, -0.2) is 0 Å². The maximum absolute atomic E-state index is 13.7. The minimum absolute atomic E-state index is 0.0892. The molecule has 0 aromatic heterocycles. The van der Waals surface area contributed by atoms with Gasteiger partial charge in [-0.3, -0.25) is 0 Å². The van der Waals surface area contributed by atoms with Crippen LogP contribution in [0.25, 0.3) is 0 Å². The molecule has 1 saturated carbocycles. The molecule has 0 spiro atoms. The topological polar surface area (TPSA) is 9.23 Å². The summed E-state index contributed by atoms with van der Waals surface area (Å²) in [6.07, 6.45) is 2.31. The predicted molar refractivity (Wildman–Crippen MR) is 95.0 cm³/mol. The van der Waals surface area contributed by atoms with Gasteiger partial charge in [-0.1, -0.05) is 92.9 Å². The monoisotopic (exact) mass is 392 g/mol. The fraction of sp³-hybridized carbons (Fsp3) is 0.368. The van der Waals surface area contributed by atoms with Crippen LogP contribution in [0.2, 0.25) is 0 Å². The maximum atomic E-state index is 13.7. The van der Waals surface area contributed by atoms with Crippen LogP contribution in [0.3, 0.4) is 0 Å². The molecule has 0 amide bonds. The zero-order valence-electron chi connectivity index (χ0n) is 14.1. The van der Waals surface area contributed by atoms with Gasteiger partial charge >= 0.3 is 0 Å². The first-order chi connectivity index (χ1) is 12.0. The Labute approximate surface area is 149 Å². The van der Waals surface area contributed by atoms with Gasteiger partial charge in [0.05, 0.1) is 6.10 Å². The second-order valence-corrected chi connectivity index (χ2v) is 9.40. The smallest absolute Gasteiger partial charge is 0.289 e. The van der Waals surface area contributed by atoms with E-state index in [0.29, 0.717) is 12.8 Å². The summed E-state index contributed by atoms with van der Waals surface area (Å²) in [6, 6.07) is 15.1. The van der Waals surface area contributed by atoms with Crippen molar-refractivity contribution >= 4 is 10.2 Å². The average Bonchev–Trinajstić information content (AvgIpc) is 3.06. The van der Waals surface area contributed by atoms with Crippen LogP contribution in [0.15, 0.2) is 60.7 Å². The molecule has 0 bridgehead atoms. The Morgan fingerprint density at radius 2 is 1.19 bits per heavy atom. The van der Waals surface area contributed by atoms with Gasteiger partial charge < -0.3 is 4.74 Å². The van der Waals surface area contributed by atoms with E-state index < -0.39 is 27.7 Å². The highest BCUT2D eigenvalue weighted by Gasteiger charge is 2.68. The number of hydrogen-bond donors (Lipinski definition) is 0. The molecular weight excluding hydrogens is 371 g/mol. The molecule has 0 unspecified atom stereocenters. The third-order valence-electron chi connectivity index (χ3n) is 4.63. The zero-order valence-corrected chi connectivity index (χ0v) is 14.9. The standard InChI is InChI=1S/C19H21F5OS/c20-26(21,22,23,24)15-19(16-9-3-1-4-10-16,17-11-5-2-6-12-17)25-18-13-7-8-14-18/h1-6,9-12,18H,7-8,13-15H2. The largest absolute Gasteiger partial charge is 0.361 e. The number of benzene rings is 2. The van der Waals surface area contributed by atoms with Gasteiger partial charge in [0, 0.05) is 0 Å². The van der Waals surface area contributed by atoms with E-state index in [0.717, 1.165) is 12.8 Å². The van der Waals surface area contributed by atoms with Crippen molar-refractivity contribution in [2.24, 2.45) is 0 Å². The zero-order chi connectivity index (χ0) is 19.0. The first kappa shape index (κ1) is 19.2. The van der Waals surface area contributed by atoms with Gasteiger partial charge in [-0.2, -0.15) is 0 Å². The van der Waals surface area contributed by atoms with Gasteiger partial charge in [0.15, 0.2) is 0 Å². The second kappa shape index (κ2) is 5.96. The Kier molecular flexibility index (Phi) is 4.39. The van der Waals surface area contributed by atoms with Crippen LogP contribution < -0.4 is 0 Å². The molecule has 0 aliphatic heterocycles. The average molecular weight is 392 g/mol. The van der Waals surface area contributed by atoms with E-state index in [1.54, 1.807) is 12.1 Å². The van der Waals surface area contributed by atoms with Gasteiger partial charge in [0.25, 0.3) is 10.2 Å². The van der Waals surface area contributed by atoms with Crippen molar-refractivity contribution in [3.63, 3.8) is 0 Å². The van der Waals surface area contributed by atoms with Crippen LogP contribution in [0, 0.1) is 0 Å². The molecule has 2 aromatic rings. The van der Waals surface area contributed by atoms with Crippen molar-refractivity contribution < 1.29 is 24.2 Å². The highest BCUT2D eigenvalue weighted by molar-refractivity contribution is 8.45. The lowest BCUT2D eigenvalue weighted by molar-refractivity contribution is -0.0590. The lowest BCUT2D eigenvalue weighted by Crippen LogP contribution is -2.42. The Balaban J connectivity index is 2.20. The van der Waals surface area contributed by atoms with Gasteiger partial charge in [0.2, 0.25) is 0 Å². The fourth-order valence-electron chi connectivity index (χ4n) is 3.59. The van der Waals surface area contributed by atoms with E-state index in [1.807, 2.05) is 0 Å². The molecular formula is C19H21F5OS. The van der Waals surface area contributed by atoms with E-state index in [1.165, 1.54) is 48.5 Å². The molecule has 0 saturated heterocycles. The van der Waals surface area contributed by atoms with Crippen LogP contribution in [0.1, 0.15) is 36.8 Å². The number of rotatable bonds is 6. The molecule has 1 nitrogen and oxygen atoms in total. The van der Waals surface area contributed by atoms with Crippen LogP contribution in [-0.4, -0.2) is 11.9 Å². The normalized spacial score (nSPS) is 19.1. The van der Waals surface area contributed by atoms with Crippen LogP contribution >= 0.6 is 10.2 Å². The molecule has 26 heavy (non-hydrogen) atoms. The van der Waals surface area contributed by atoms with Crippen LogP contribution in [0.4, 0.5) is 19.4 Å². The molecule has 3 rings (SSSR count). The summed E-state index contributed by atoms with van der Waals surface area (Å²) in [5.41, 5.74) is -2.08. The van der Waals surface area contributed by atoms with Crippen molar-refractivity contribution in [3.05, 3.63) is 71.8 Å². The Morgan fingerprint density at radius 1 is 0.769 bits per heavy atom. The SMILES string of the molecule is FS(F)(F)(F)(F)CC(OC1CCCC1)(c1ccccc1)c1ccccc1. The molecule has 0 heterocycles. The molecule has 2 aromatic carbocycles. The summed E-state index contributed by atoms with van der Waals surface area (Å²) in [5.74, 6) is -2.31. The van der Waals surface area contributed by atoms with E-state index in [4.69, 9.17) is 4.74 Å². The summed E-state index contributed by atoms with van der Waals surface area (Å²) in [5, 5.41) is 0. The number of ether oxygens (including phenoxy) is 1. The van der Waals surface area contributed by atoms with Gasteiger partial charge in [-0.15, -0.1) is 0 Å². The third kappa shape index (κ3) is 4.76. The van der Waals surface area contributed by atoms with Crippen LogP contribution in [0.5, 0.6) is 0 Å². The van der Waals surface area contributed by atoms with Gasteiger partial charge in [0.1, 0.15) is 11.4 Å². The lowest BCUT2D eigenvalue weighted by Gasteiger charge is -2.48. The summed E-state index contributed by atoms with van der Waals surface area (Å²) in [4.78, 5) is 0. The Hall–Kier alpha value is -1.60. The summed E-state index contributed by atoms with van der Waals surface area (Å²) < 4.78 is 74.3. The molecule has 7 heteroatoms. The predicted octanol–water partition coefficient (Wildman–Crippen LogP) is 7.19. The van der Waals surface area contributed by atoms with Crippen molar-refractivity contribution in [2.45, 2.75) is 37.4 Å². The van der Waals surface area contributed by atoms with Crippen molar-refractivity contribution in [1.82, 2.24) is 0 Å². The second-order valence-electron chi connectivity index (χ2n) is 6.86. The highest BCUT2D eigenvalue weighted by atomic mass is 32.5. The van der Waals surface area contributed by atoms with E-state index in [2.05, 4.69) is 0 Å².